The third-order valence-corrected chi connectivity index (χ3v) is 23.6. The zero-order valence-electron chi connectivity index (χ0n) is 69.9. The highest BCUT2D eigenvalue weighted by Gasteiger charge is 2.23. The molecule has 0 N–H and O–H groups in total. The van der Waals surface area contributed by atoms with E-state index in [2.05, 4.69) is 305 Å². The molecule has 0 spiro atoms. The van der Waals surface area contributed by atoms with Crippen LogP contribution in [0.5, 0.6) is 0 Å². The van der Waals surface area contributed by atoms with Crippen molar-refractivity contribution >= 4 is 65.4 Å². The lowest BCUT2D eigenvalue weighted by molar-refractivity contribution is 1.07. The maximum absolute atomic E-state index is 4.95. The number of hydrogen-bond acceptors (Lipinski definition) is 9. The molecule has 0 saturated heterocycles. The smallest absolute Gasteiger partial charge is 0.164 e. The van der Waals surface area contributed by atoms with Crippen LogP contribution in [0.15, 0.2) is 473 Å². The summed E-state index contributed by atoms with van der Waals surface area (Å²) in [7, 11) is 0. The topological polar surface area (TPSA) is 131 Å². The number of para-hydroxylation sites is 4. The minimum Gasteiger partial charge on any atom is -0.309 e. The molecule has 0 bridgehead atoms. The summed E-state index contributed by atoms with van der Waals surface area (Å²) in [5, 5.41) is 7.40. The highest BCUT2D eigenvalue weighted by molar-refractivity contribution is 6.17. The summed E-state index contributed by atoms with van der Waals surface area (Å²) in [6, 6.07) is 164. The lowest BCUT2D eigenvalue weighted by atomic mass is 9.99. The Bertz CT molecular complexity index is 7940. The Labute approximate surface area is 745 Å². The highest BCUT2D eigenvalue weighted by Crippen LogP contribution is 2.43. The van der Waals surface area contributed by atoms with Crippen LogP contribution >= 0.6 is 0 Å². The summed E-state index contributed by atoms with van der Waals surface area (Å²) >= 11 is 0. The van der Waals surface area contributed by atoms with Crippen molar-refractivity contribution < 1.29 is 0 Å². The first-order valence-electron chi connectivity index (χ1n) is 43.2. The summed E-state index contributed by atoms with van der Waals surface area (Å²) in [4.78, 5) is 44.1. The van der Waals surface area contributed by atoms with E-state index in [-0.39, 0.29) is 0 Å². The Kier molecular flexibility index (Phi) is 20.8. The van der Waals surface area contributed by atoms with E-state index in [1.165, 1.54) is 93.3 Å². The maximum Gasteiger partial charge on any atom is 0.164 e. The van der Waals surface area contributed by atoms with E-state index in [9.17, 15) is 0 Å². The van der Waals surface area contributed by atoms with Crippen LogP contribution in [0.25, 0.3) is 218 Å². The van der Waals surface area contributed by atoms with Gasteiger partial charge in [-0.1, -0.05) is 376 Å². The molecule has 0 atom stereocenters. The van der Waals surface area contributed by atoms with E-state index in [0.29, 0.717) is 52.4 Å². The van der Waals surface area contributed by atoms with E-state index >= 15 is 0 Å². The zero-order valence-corrected chi connectivity index (χ0v) is 69.9. The molecule has 0 unspecified atom stereocenters. The number of rotatable bonds is 15. The summed E-state index contributed by atoms with van der Waals surface area (Å²) in [5.41, 5.74) is 26.0. The highest BCUT2D eigenvalue weighted by atomic mass is 15.1. The number of aromatic nitrogens is 12. The van der Waals surface area contributed by atoms with Gasteiger partial charge in [-0.25, -0.2) is 44.9 Å². The molecule has 0 aliphatic heterocycles. The molecule has 606 valence electrons. The molecule has 0 aliphatic carbocycles. The molecule has 6 heterocycles. The fourth-order valence-corrected chi connectivity index (χ4v) is 17.5. The lowest BCUT2D eigenvalue weighted by Crippen LogP contribution is -2.01. The van der Waals surface area contributed by atoms with Crippen molar-refractivity contribution in [2.45, 2.75) is 0 Å². The number of fused-ring (bicyclic) bond motifs is 9. The Hall–Kier alpha value is -17.6. The second-order valence-electron chi connectivity index (χ2n) is 31.5. The molecule has 0 fully saturated rings. The van der Waals surface area contributed by atoms with Gasteiger partial charge in [0.2, 0.25) is 0 Å². The third kappa shape index (κ3) is 15.4. The van der Waals surface area contributed by atoms with Crippen molar-refractivity contribution in [1.82, 2.24) is 58.6 Å². The number of benzene rings is 18. The van der Waals surface area contributed by atoms with Gasteiger partial charge in [0.05, 0.1) is 33.1 Å². The van der Waals surface area contributed by atoms with Gasteiger partial charge in [-0.2, -0.15) is 0 Å². The van der Waals surface area contributed by atoms with E-state index in [4.69, 9.17) is 44.9 Å². The molecular weight excluding hydrogens is 1570 g/mol. The Morgan fingerprint density at radius 3 is 0.806 bits per heavy atom. The summed E-state index contributed by atoms with van der Waals surface area (Å²) in [6.45, 7) is 0. The van der Waals surface area contributed by atoms with E-state index in [1.807, 2.05) is 182 Å². The first-order chi connectivity index (χ1) is 64.0. The molecule has 24 aromatic rings. The monoisotopic (exact) mass is 1650 g/mol. The van der Waals surface area contributed by atoms with E-state index in [0.717, 1.165) is 72.6 Å². The fourth-order valence-electron chi connectivity index (χ4n) is 17.5. The fraction of sp³-hybridized carbons (Fsp3) is 0. The first-order valence-corrected chi connectivity index (χ1v) is 43.2. The number of nitrogens with zero attached hydrogens (tertiary/aromatic N) is 12. The molecule has 24 rings (SSSR count). The van der Waals surface area contributed by atoms with Crippen molar-refractivity contribution in [2.24, 2.45) is 0 Å². The van der Waals surface area contributed by atoms with Gasteiger partial charge in [-0.05, 0) is 125 Å². The van der Waals surface area contributed by atoms with E-state index in [1.54, 1.807) is 0 Å². The normalized spacial score (nSPS) is 11.3. The predicted molar refractivity (Wildman–Crippen MR) is 528 cm³/mol. The zero-order chi connectivity index (χ0) is 85.8. The SMILES string of the molecule is c1ccc(-c2ccc3c(c2)c2cccc(-c4ccccc4)c2n3-c2ccc(-c3nc(-c4ccccc4)nc(-c4ccccc4)n3)cc2)cc1.c1ccc(-c2nc(-c3ccccc3)nc(-c3ccc(-n4c5ccccc5c5c(-c6ccccc6)cccc54)cc3)n2)cc1.c1ccc(-c2nc(-c3ccccc3)nc(-c3cccc(-n4c5ccccc5c5ccccc54)c3)n2)cc1. The summed E-state index contributed by atoms with van der Waals surface area (Å²) in [6.07, 6.45) is 0. The first kappa shape index (κ1) is 77.4. The standard InChI is InChI=1S/C45H30N4.C39H26N4.C33H22N4/c1-5-14-31(15-6-1)36-26-29-41-40(30-36)39-23-13-22-38(32-16-7-2-8-17-32)42(39)49(41)37-27-24-35(25-28-37)45-47-43(33-18-9-3-10-19-33)46-44(48-45)34-20-11-4-12-21-34;1-4-13-27(14-5-1)32-20-12-22-35-36(32)33-19-10-11-21-34(33)43(35)31-25-23-30(24-26-31)39-41-37(28-15-6-2-7-16-28)40-38(42-39)29-17-8-3-9-18-29;1-3-12-23(13-4-1)31-34-32(24-14-5-2-6-15-24)36-33(35-31)25-16-11-17-26(22-25)37-29-20-9-7-18-27(29)28-19-8-10-21-30(28)37/h1-30H;1-26H;1-22H. The van der Waals surface area contributed by atoms with Crippen LogP contribution in [0.2, 0.25) is 0 Å². The van der Waals surface area contributed by atoms with Gasteiger partial charge in [0.1, 0.15) is 0 Å². The van der Waals surface area contributed by atoms with E-state index < -0.39 is 0 Å². The summed E-state index contributed by atoms with van der Waals surface area (Å²) in [5.74, 6) is 5.87. The van der Waals surface area contributed by atoms with Crippen LogP contribution in [0.3, 0.4) is 0 Å². The van der Waals surface area contributed by atoms with Crippen molar-refractivity contribution in [2.75, 3.05) is 0 Å². The van der Waals surface area contributed by atoms with Gasteiger partial charge in [0, 0.05) is 105 Å². The van der Waals surface area contributed by atoms with Gasteiger partial charge in [0.25, 0.3) is 0 Å². The molecule has 0 amide bonds. The second-order valence-corrected chi connectivity index (χ2v) is 31.5. The van der Waals surface area contributed by atoms with Crippen molar-refractivity contribution in [1.29, 1.82) is 0 Å². The van der Waals surface area contributed by atoms with Gasteiger partial charge in [-0.3, -0.25) is 0 Å². The second kappa shape index (κ2) is 34.6. The minimum absolute atomic E-state index is 0.638. The summed E-state index contributed by atoms with van der Waals surface area (Å²) < 4.78 is 7.05. The van der Waals surface area contributed by atoms with Crippen molar-refractivity contribution in [3.63, 3.8) is 0 Å². The lowest BCUT2D eigenvalue weighted by Gasteiger charge is -2.13. The molecule has 6 aromatic heterocycles. The molecule has 12 heteroatoms. The van der Waals surface area contributed by atoms with Crippen LogP contribution < -0.4 is 0 Å². The molecule has 0 radical (unpaired) electrons. The van der Waals surface area contributed by atoms with Crippen LogP contribution in [-0.2, 0) is 0 Å². The third-order valence-electron chi connectivity index (χ3n) is 23.6. The van der Waals surface area contributed by atoms with Gasteiger partial charge in [0.15, 0.2) is 52.4 Å². The van der Waals surface area contributed by atoms with Gasteiger partial charge in [-0.15, -0.1) is 0 Å². The number of hydrogen-bond donors (Lipinski definition) is 0. The van der Waals surface area contributed by atoms with Gasteiger partial charge >= 0.3 is 0 Å². The molecule has 129 heavy (non-hydrogen) atoms. The van der Waals surface area contributed by atoms with Crippen LogP contribution in [-0.4, -0.2) is 58.6 Å². The van der Waals surface area contributed by atoms with Crippen molar-refractivity contribution in [3.05, 3.63) is 473 Å². The van der Waals surface area contributed by atoms with Crippen LogP contribution in [0.1, 0.15) is 0 Å². The molecule has 18 aromatic carbocycles. The van der Waals surface area contributed by atoms with Crippen molar-refractivity contribution in [3.8, 4) is 153 Å². The average Bonchev–Trinajstić information content (AvgIpc) is 1.62. The molecule has 0 saturated carbocycles. The Balaban J connectivity index is 0.000000115. The largest absolute Gasteiger partial charge is 0.309 e. The molecule has 0 aliphatic rings. The Morgan fingerprint density at radius 1 is 0.132 bits per heavy atom. The van der Waals surface area contributed by atoms with Gasteiger partial charge < -0.3 is 13.7 Å². The average molecular weight is 1650 g/mol. The minimum atomic E-state index is 0.638. The predicted octanol–water partition coefficient (Wildman–Crippen LogP) is 28.9. The molecular formula is C117H78N12. The maximum atomic E-state index is 4.95. The van der Waals surface area contributed by atoms with Crippen LogP contribution in [0, 0.1) is 0 Å². The Morgan fingerprint density at radius 2 is 0.395 bits per heavy atom. The molecule has 12 nitrogen and oxygen atoms in total. The van der Waals surface area contributed by atoms with Crippen LogP contribution in [0.4, 0.5) is 0 Å². The quantitative estimate of drug-likeness (QED) is 0.0984.